The molecule has 0 aromatic heterocycles. The predicted octanol–water partition coefficient (Wildman–Crippen LogP) is 4.40. The van der Waals surface area contributed by atoms with Crippen molar-refractivity contribution in [3.05, 3.63) is 41.5 Å². The number of hydrogen-bond donors (Lipinski definition) is 1. The van der Waals surface area contributed by atoms with Gasteiger partial charge in [-0.2, -0.15) is 0 Å². The quantitative estimate of drug-likeness (QED) is 0.403. The number of aliphatic hydroxyl groups excluding tert-OH is 1. The number of carbonyl (C=O) groups excluding carboxylic acids is 1. The van der Waals surface area contributed by atoms with Gasteiger partial charge in [-0.1, -0.05) is 32.4 Å². The van der Waals surface area contributed by atoms with Gasteiger partial charge in [-0.25, -0.2) is 4.79 Å². The van der Waals surface area contributed by atoms with E-state index >= 15 is 0 Å². The third-order valence-corrected chi connectivity index (χ3v) is 5.10. The Bertz CT molecular complexity index is 600. The van der Waals surface area contributed by atoms with Gasteiger partial charge in [-0.3, -0.25) is 0 Å². The van der Waals surface area contributed by atoms with Crippen molar-refractivity contribution in [2.45, 2.75) is 58.3 Å². The zero-order valence-electron chi connectivity index (χ0n) is 16.1. The number of benzene rings is 1. The molecule has 2 rings (SSSR count). The van der Waals surface area contributed by atoms with E-state index in [0.717, 1.165) is 24.5 Å². The van der Waals surface area contributed by atoms with Gasteiger partial charge in [0.1, 0.15) is 12.4 Å². The Morgan fingerprint density at radius 1 is 1.23 bits per heavy atom. The third-order valence-electron chi connectivity index (χ3n) is 5.10. The van der Waals surface area contributed by atoms with Gasteiger partial charge in [0.2, 0.25) is 0 Å². The molecule has 0 radical (unpaired) electrons. The van der Waals surface area contributed by atoms with Crippen molar-refractivity contribution in [1.82, 2.24) is 0 Å². The predicted molar refractivity (Wildman–Crippen MR) is 103 cm³/mol. The minimum atomic E-state index is -0.327. The lowest BCUT2D eigenvalue weighted by Gasteiger charge is -2.28. The van der Waals surface area contributed by atoms with E-state index in [1.807, 2.05) is 6.07 Å². The molecular formula is C22H32O4. The van der Waals surface area contributed by atoms with Crippen molar-refractivity contribution in [2.75, 3.05) is 19.8 Å². The summed E-state index contributed by atoms with van der Waals surface area (Å²) in [6.45, 7) is 8.30. The normalized spacial score (nSPS) is 19.8. The summed E-state index contributed by atoms with van der Waals surface area (Å²) in [7, 11) is 0. The average molecular weight is 360 g/mol. The van der Waals surface area contributed by atoms with Gasteiger partial charge in [-0.05, 0) is 67.7 Å². The molecule has 1 aliphatic rings. The molecule has 1 aliphatic carbocycles. The molecule has 1 N–H and O–H groups in total. The molecule has 0 amide bonds. The van der Waals surface area contributed by atoms with Crippen molar-refractivity contribution in [2.24, 2.45) is 5.92 Å². The van der Waals surface area contributed by atoms with Crippen LogP contribution in [0.3, 0.4) is 0 Å². The molecule has 144 valence electrons. The van der Waals surface area contributed by atoms with Crippen molar-refractivity contribution in [3.63, 3.8) is 0 Å². The molecule has 1 saturated carbocycles. The van der Waals surface area contributed by atoms with Gasteiger partial charge in [0.25, 0.3) is 0 Å². The first-order chi connectivity index (χ1) is 12.5. The lowest BCUT2D eigenvalue weighted by molar-refractivity contribution is -0.139. The number of hydrogen-bond acceptors (Lipinski definition) is 4. The average Bonchev–Trinajstić information content (AvgIpc) is 2.64. The van der Waals surface area contributed by atoms with E-state index in [0.29, 0.717) is 24.7 Å². The van der Waals surface area contributed by atoms with Crippen LogP contribution in [0.4, 0.5) is 0 Å². The Balaban J connectivity index is 2.03. The van der Waals surface area contributed by atoms with Crippen LogP contribution in [0.25, 0.3) is 0 Å². The molecule has 4 nitrogen and oxygen atoms in total. The number of rotatable bonds is 9. The minimum absolute atomic E-state index is 0.00839. The molecular weight excluding hydrogens is 328 g/mol. The van der Waals surface area contributed by atoms with Crippen LogP contribution in [0.2, 0.25) is 0 Å². The largest absolute Gasteiger partial charge is 0.491 e. The smallest absolute Gasteiger partial charge is 0.333 e. The van der Waals surface area contributed by atoms with Crippen LogP contribution in [0.15, 0.2) is 30.4 Å². The number of esters is 1. The maximum atomic E-state index is 11.5. The van der Waals surface area contributed by atoms with Crippen molar-refractivity contribution in [1.29, 1.82) is 0 Å². The fourth-order valence-electron chi connectivity index (χ4n) is 3.57. The summed E-state index contributed by atoms with van der Waals surface area (Å²) in [6.07, 6.45) is 6.65. The maximum absolute atomic E-state index is 11.5. The van der Waals surface area contributed by atoms with Crippen LogP contribution >= 0.6 is 0 Å². The molecule has 4 heteroatoms. The number of aliphatic hydroxyl groups is 1. The van der Waals surface area contributed by atoms with Crippen LogP contribution in [-0.2, 0) is 16.0 Å². The first-order valence-electron chi connectivity index (χ1n) is 9.70. The fourth-order valence-corrected chi connectivity index (χ4v) is 3.57. The molecule has 1 aromatic rings. The van der Waals surface area contributed by atoms with E-state index in [1.165, 1.54) is 36.8 Å². The Kier molecular flexibility index (Phi) is 8.17. The van der Waals surface area contributed by atoms with E-state index in [-0.39, 0.29) is 12.6 Å². The minimum Gasteiger partial charge on any atom is -0.491 e. The topological polar surface area (TPSA) is 55.8 Å². The summed E-state index contributed by atoms with van der Waals surface area (Å²) in [5, 5.41) is 8.97. The van der Waals surface area contributed by atoms with E-state index in [4.69, 9.17) is 14.6 Å². The molecule has 0 saturated heterocycles. The fraction of sp³-hybridized carbons (Fsp3) is 0.591. The molecule has 0 bridgehead atoms. The zero-order chi connectivity index (χ0) is 18.9. The molecule has 0 atom stereocenters. The second kappa shape index (κ2) is 10.4. The van der Waals surface area contributed by atoms with Gasteiger partial charge in [0.15, 0.2) is 0 Å². The Hall–Kier alpha value is -1.81. The molecule has 0 spiro atoms. The zero-order valence-corrected chi connectivity index (χ0v) is 16.1. The van der Waals surface area contributed by atoms with Gasteiger partial charge in [0.05, 0.1) is 13.2 Å². The van der Waals surface area contributed by atoms with Crippen molar-refractivity contribution < 1.29 is 19.4 Å². The van der Waals surface area contributed by atoms with Gasteiger partial charge >= 0.3 is 5.97 Å². The SMILES string of the molecule is C=C(C)C(=O)OCCCc1cc(OCCO)ccc1C1CCC(C)CC1. The van der Waals surface area contributed by atoms with Crippen LogP contribution in [0.1, 0.15) is 63.0 Å². The molecule has 0 unspecified atom stereocenters. The molecule has 0 aliphatic heterocycles. The summed E-state index contributed by atoms with van der Waals surface area (Å²) >= 11 is 0. The monoisotopic (exact) mass is 360 g/mol. The van der Waals surface area contributed by atoms with Gasteiger partial charge in [-0.15, -0.1) is 0 Å². The highest BCUT2D eigenvalue weighted by atomic mass is 16.5. The molecule has 26 heavy (non-hydrogen) atoms. The summed E-state index contributed by atoms with van der Waals surface area (Å²) in [5.74, 6) is 1.89. The first-order valence-corrected chi connectivity index (χ1v) is 9.70. The first kappa shape index (κ1) is 20.5. The van der Waals surface area contributed by atoms with Crippen LogP contribution in [-0.4, -0.2) is 30.9 Å². The third kappa shape index (κ3) is 6.17. The van der Waals surface area contributed by atoms with Crippen molar-refractivity contribution >= 4 is 5.97 Å². The van der Waals surface area contributed by atoms with Gasteiger partial charge < -0.3 is 14.6 Å². The van der Waals surface area contributed by atoms with E-state index < -0.39 is 0 Å². The lowest BCUT2D eigenvalue weighted by Crippen LogP contribution is -2.13. The Morgan fingerprint density at radius 3 is 2.62 bits per heavy atom. The highest BCUT2D eigenvalue weighted by Gasteiger charge is 2.22. The highest BCUT2D eigenvalue weighted by molar-refractivity contribution is 5.86. The number of carbonyl (C=O) groups is 1. The Labute approximate surface area is 157 Å². The Morgan fingerprint density at radius 2 is 1.96 bits per heavy atom. The molecule has 1 fully saturated rings. The second-order valence-corrected chi connectivity index (χ2v) is 7.41. The van der Waals surface area contributed by atoms with E-state index in [9.17, 15) is 4.79 Å². The van der Waals surface area contributed by atoms with Crippen LogP contribution < -0.4 is 4.74 Å². The van der Waals surface area contributed by atoms with Gasteiger partial charge in [0, 0.05) is 5.57 Å². The summed E-state index contributed by atoms with van der Waals surface area (Å²) in [4.78, 5) is 11.5. The van der Waals surface area contributed by atoms with E-state index in [2.05, 4.69) is 25.6 Å². The number of aryl methyl sites for hydroxylation is 1. The lowest BCUT2D eigenvalue weighted by atomic mass is 9.77. The summed E-state index contributed by atoms with van der Waals surface area (Å²) in [6, 6.07) is 6.28. The second-order valence-electron chi connectivity index (χ2n) is 7.41. The van der Waals surface area contributed by atoms with Crippen LogP contribution in [0.5, 0.6) is 5.75 Å². The number of ether oxygens (including phenoxy) is 2. The van der Waals surface area contributed by atoms with E-state index in [1.54, 1.807) is 6.92 Å². The maximum Gasteiger partial charge on any atom is 0.333 e. The standard InChI is InChI=1S/C22H32O4/c1-16(2)22(24)26-13-4-5-19-15-20(25-14-12-23)10-11-21(19)18-8-6-17(3)7-9-18/h10-11,15,17-18,23H,1,4-9,12-14H2,2-3H3. The van der Waals surface area contributed by atoms with Crippen molar-refractivity contribution in [3.8, 4) is 5.75 Å². The summed E-state index contributed by atoms with van der Waals surface area (Å²) < 4.78 is 10.8. The summed E-state index contributed by atoms with van der Waals surface area (Å²) in [5.41, 5.74) is 3.10. The molecule has 0 heterocycles. The molecule has 1 aromatic carbocycles. The van der Waals surface area contributed by atoms with Crippen LogP contribution in [0, 0.1) is 5.92 Å². The highest BCUT2D eigenvalue weighted by Crippen LogP contribution is 2.38.